The maximum atomic E-state index is 10.6. The Kier molecular flexibility index (Phi) is 3.23. The highest BCUT2D eigenvalue weighted by Crippen LogP contribution is 2.30. The highest BCUT2D eigenvalue weighted by Gasteiger charge is 2.17. The zero-order valence-electron chi connectivity index (χ0n) is 8.18. The van der Waals surface area contributed by atoms with Gasteiger partial charge < -0.3 is 5.32 Å². The van der Waals surface area contributed by atoms with Crippen molar-refractivity contribution in [1.82, 2.24) is 5.32 Å². The number of benzene rings is 1. The van der Waals surface area contributed by atoms with Crippen LogP contribution in [0.4, 0.5) is 5.69 Å². The molecule has 0 spiro atoms. The van der Waals surface area contributed by atoms with E-state index in [1.807, 2.05) is 6.07 Å². The summed E-state index contributed by atoms with van der Waals surface area (Å²) in [4.78, 5) is 10.3. The summed E-state index contributed by atoms with van der Waals surface area (Å²) in [7, 11) is 0. The van der Waals surface area contributed by atoms with Gasteiger partial charge in [0.25, 0.3) is 5.69 Å². The molecular weight excluding hydrogens is 212 g/mol. The number of hydrogen-bond donors (Lipinski definition) is 1. The average molecular weight is 224 g/mol. The second kappa shape index (κ2) is 4.63. The highest BCUT2D eigenvalue weighted by atomic mass is 32.2. The van der Waals surface area contributed by atoms with Gasteiger partial charge in [-0.1, -0.05) is 12.1 Å². The van der Waals surface area contributed by atoms with Crippen molar-refractivity contribution < 1.29 is 4.92 Å². The third-order valence-electron chi connectivity index (χ3n) is 2.32. The largest absolute Gasteiger partial charge is 0.302 e. The van der Waals surface area contributed by atoms with Crippen molar-refractivity contribution in [2.24, 2.45) is 0 Å². The molecule has 0 aliphatic carbocycles. The molecule has 0 saturated carbocycles. The van der Waals surface area contributed by atoms with E-state index in [-0.39, 0.29) is 16.0 Å². The molecule has 0 bridgehead atoms. The van der Waals surface area contributed by atoms with Gasteiger partial charge in [0.05, 0.1) is 10.3 Å². The summed E-state index contributed by atoms with van der Waals surface area (Å²) in [5.41, 5.74) is 1.16. The molecule has 1 aromatic carbocycles. The molecule has 0 amide bonds. The smallest absolute Gasteiger partial charge is 0.269 e. The van der Waals surface area contributed by atoms with Crippen LogP contribution >= 0.6 is 11.8 Å². The number of hydrogen-bond acceptors (Lipinski definition) is 4. The number of thioether (sulfide) groups is 1. The first-order valence-electron chi connectivity index (χ1n) is 4.87. The molecule has 1 fully saturated rings. The van der Waals surface area contributed by atoms with E-state index in [0.717, 1.165) is 24.3 Å². The van der Waals surface area contributed by atoms with Gasteiger partial charge in [0.15, 0.2) is 0 Å². The molecule has 1 aromatic rings. The molecule has 0 aromatic heterocycles. The highest BCUT2D eigenvalue weighted by molar-refractivity contribution is 7.99. The Morgan fingerprint density at radius 2 is 2.40 bits per heavy atom. The van der Waals surface area contributed by atoms with Crippen LogP contribution in [-0.2, 0) is 0 Å². The van der Waals surface area contributed by atoms with E-state index in [0.29, 0.717) is 0 Å². The zero-order valence-corrected chi connectivity index (χ0v) is 9.00. The van der Waals surface area contributed by atoms with Crippen LogP contribution in [0, 0.1) is 10.1 Å². The fraction of sp³-hybridized carbons (Fsp3) is 0.400. The van der Waals surface area contributed by atoms with E-state index < -0.39 is 0 Å². The van der Waals surface area contributed by atoms with Crippen LogP contribution in [0.1, 0.15) is 17.4 Å². The summed E-state index contributed by atoms with van der Waals surface area (Å²) in [6, 6.07) is 6.85. The monoisotopic (exact) mass is 224 g/mol. The van der Waals surface area contributed by atoms with E-state index in [4.69, 9.17) is 0 Å². The van der Waals surface area contributed by atoms with Crippen LogP contribution in [0.3, 0.4) is 0 Å². The summed E-state index contributed by atoms with van der Waals surface area (Å²) in [5.74, 6) is 1.11. The zero-order chi connectivity index (χ0) is 10.7. The molecule has 15 heavy (non-hydrogen) atoms. The van der Waals surface area contributed by atoms with Crippen molar-refractivity contribution in [3.63, 3.8) is 0 Å². The third kappa shape index (κ3) is 2.49. The average Bonchev–Trinajstić information content (AvgIpc) is 2.30. The van der Waals surface area contributed by atoms with E-state index in [2.05, 4.69) is 5.32 Å². The summed E-state index contributed by atoms with van der Waals surface area (Å²) in [5, 5.41) is 14.2. The van der Waals surface area contributed by atoms with Crippen LogP contribution in [-0.4, -0.2) is 17.2 Å². The van der Waals surface area contributed by atoms with Crippen LogP contribution in [0.25, 0.3) is 0 Å². The van der Waals surface area contributed by atoms with Gasteiger partial charge in [-0.25, -0.2) is 0 Å². The molecular formula is C10H12N2O2S. The Hall–Kier alpha value is -1.07. The van der Waals surface area contributed by atoms with Crippen LogP contribution < -0.4 is 5.32 Å². The van der Waals surface area contributed by atoms with E-state index in [1.165, 1.54) is 6.07 Å². The summed E-state index contributed by atoms with van der Waals surface area (Å²) in [6.07, 6.45) is 1.16. The van der Waals surface area contributed by atoms with Gasteiger partial charge in [-0.15, -0.1) is 11.8 Å². The molecule has 80 valence electrons. The van der Waals surface area contributed by atoms with Gasteiger partial charge >= 0.3 is 0 Å². The Bertz CT molecular complexity index is 364. The van der Waals surface area contributed by atoms with Crippen molar-refractivity contribution >= 4 is 17.4 Å². The predicted molar refractivity (Wildman–Crippen MR) is 60.9 cm³/mol. The lowest BCUT2D eigenvalue weighted by molar-refractivity contribution is -0.384. The SMILES string of the molecule is O=[N+]([O-])c1cccc(C2NCCCS2)c1. The Morgan fingerprint density at radius 1 is 1.53 bits per heavy atom. The second-order valence-corrected chi connectivity index (χ2v) is 4.62. The van der Waals surface area contributed by atoms with E-state index >= 15 is 0 Å². The van der Waals surface area contributed by atoms with Crippen LogP contribution in [0.5, 0.6) is 0 Å². The number of non-ortho nitro benzene ring substituents is 1. The number of nitro benzene ring substituents is 1. The van der Waals surface area contributed by atoms with Crippen molar-refractivity contribution in [3.8, 4) is 0 Å². The molecule has 1 N–H and O–H groups in total. The van der Waals surface area contributed by atoms with Crippen molar-refractivity contribution in [2.45, 2.75) is 11.8 Å². The molecule has 1 saturated heterocycles. The Morgan fingerprint density at radius 3 is 3.07 bits per heavy atom. The number of rotatable bonds is 2. The molecule has 1 aliphatic heterocycles. The van der Waals surface area contributed by atoms with Gasteiger partial charge in [0.2, 0.25) is 0 Å². The topological polar surface area (TPSA) is 55.2 Å². The minimum atomic E-state index is -0.350. The summed E-state index contributed by atoms with van der Waals surface area (Å²) in [6.45, 7) is 0.986. The van der Waals surface area contributed by atoms with Crippen molar-refractivity contribution in [1.29, 1.82) is 0 Å². The first-order chi connectivity index (χ1) is 7.27. The lowest BCUT2D eigenvalue weighted by Crippen LogP contribution is -2.25. The maximum Gasteiger partial charge on any atom is 0.269 e. The first kappa shape index (κ1) is 10.4. The maximum absolute atomic E-state index is 10.6. The first-order valence-corrected chi connectivity index (χ1v) is 5.91. The van der Waals surface area contributed by atoms with Gasteiger partial charge in [0.1, 0.15) is 0 Å². The van der Waals surface area contributed by atoms with Crippen LogP contribution in [0.2, 0.25) is 0 Å². The molecule has 5 heteroatoms. The molecule has 2 rings (SSSR count). The molecule has 1 heterocycles. The van der Waals surface area contributed by atoms with E-state index in [9.17, 15) is 10.1 Å². The second-order valence-electron chi connectivity index (χ2n) is 3.41. The molecule has 0 radical (unpaired) electrons. The van der Waals surface area contributed by atoms with Crippen molar-refractivity contribution in [2.75, 3.05) is 12.3 Å². The minimum absolute atomic E-state index is 0.167. The lowest BCUT2D eigenvalue weighted by atomic mass is 10.2. The van der Waals surface area contributed by atoms with Crippen LogP contribution in [0.15, 0.2) is 24.3 Å². The summed E-state index contributed by atoms with van der Waals surface area (Å²) < 4.78 is 0. The molecule has 1 unspecified atom stereocenters. The number of nitro groups is 1. The van der Waals surface area contributed by atoms with E-state index in [1.54, 1.807) is 23.9 Å². The minimum Gasteiger partial charge on any atom is -0.302 e. The van der Waals surface area contributed by atoms with Gasteiger partial charge in [-0.3, -0.25) is 10.1 Å². The third-order valence-corrected chi connectivity index (χ3v) is 3.62. The Labute approximate surface area is 92.2 Å². The predicted octanol–water partition coefficient (Wildman–Crippen LogP) is 2.32. The van der Waals surface area contributed by atoms with Gasteiger partial charge in [-0.2, -0.15) is 0 Å². The van der Waals surface area contributed by atoms with Gasteiger partial charge in [-0.05, 0) is 24.3 Å². The van der Waals surface area contributed by atoms with Crippen molar-refractivity contribution in [3.05, 3.63) is 39.9 Å². The normalized spacial score (nSPS) is 21.2. The number of nitrogens with one attached hydrogen (secondary N) is 1. The Balaban J connectivity index is 2.19. The molecule has 1 atom stereocenters. The standard InChI is InChI=1S/C10H12N2O2S/c13-12(14)9-4-1-3-8(7-9)10-11-5-2-6-15-10/h1,3-4,7,10-11H,2,5-6H2. The lowest BCUT2D eigenvalue weighted by Gasteiger charge is -2.23. The molecule has 1 aliphatic rings. The molecule has 4 nitrogen and oxygen atoms in total. The summed E-state index contributed by atoms with van der Waals surface area (Å²) >= 11 is 1.80. The fourth-order valence-corrected chi connectivity index (χ4v) is 2.70. The quantitative estimate of drug-likeness (QED) is 0.618. The fourth-order valence-electron chi connectivity index (χ4n) is 1.58. The number of nitrogens with zero attached hydrogens (tertiary/aromatic N) is 1. The van der Waals surface area contributed by atoms with Gasteiger partial charge in [0, 0.05) is 12.1 Å².